The number of hydrogen-bond acceptors (Lipinski definition) is 3. The van der Waals surface area contributed by atoms with E-state index in [1.807, 2.05) is 30.3 Å². The fraction of sp³-hybridized carbons (Fsp3) is 0.533. The number of likely N-dealkylation sites (tertiary alicyclic amines) is 1. The van der Waals surface area contributed by atoms with Gasteiger partial charge < -0.3 is 15.4 Å². The van der Waals surface area contributed by atoms with Crippen LogP contribution in [0.2, 0.25) is 0 Å². The Hall–Kier alpha value is -1.55. The lowest BCUT2D eigenvalue weighted by Crippen LogP contribution is -2.33. The van der Waals surface area contributed by atoms with Crippen LogP contribution >= 0.6 is 0 Å². The van der Waals surface area contributed by atoms with Crippen molar-refractivity contribution in [3.05, 3.63) is 35.9 Å². The van der Waals surface area contributed by atoms with Crippen molar-refractivity contribution in [2.45, 2.75) is 26.5 Å². The van der Waals surface area contributed by atoms with Gasteiger partial charge in [-0.25, -0.2) is 4.79 Å². The molecule has 19 heavy (non-hydrogen) atoms. The minimum Gasteiger partial charge on any atom is -0.445 e. The molecule has 1 aromatic carbocycles. The molecule has 0 radical (unpaired) electrons. The molecule has 0 unspecified atom stereocenters. The second-order valence-electron chi connectivity index (χ2n) is 5.52. The van der Waals surface area contributed by atoms with Gasteiger partial charge in [0.15, 0.2) is 0 Å². The third kappa shape index (κ3) is 3.47. The molecule has 1 saturated heterocycles. The Morgan fingerprint density at radius 3 is 2.63 bits per heavy atom. The summed E-state index contributed by atoms with van der Waals surface area (Å²) >= 11 is 0. The van der Waals surface area contributed by atoms with Gasteiger partial charge in [0.1, 0.15) is 6.61 Å². The lowest BCUT2D eigenvalue weighted by Gasteiger charge is -2.18. The maximum Gasteiger partial charge on any atom is 0.410 e. The zero-order chi connectivity index (χ0) is 13.8. The van der Waals surface area contributed by atoms with E-state index in [2.05, 4.69) is 13.8 Å². The molecule has 2 N–H and O–H groups in total. The second kappa shape index (κ2) is 6.06. The van der Waals surface area contributed by atoms with E-state index in [4.69, 9.17) is 10.5 Å². The number of nitrogens with two attached hydrogens (primary N) is 1. The van der Waals surface area contributed by atoms with Crippen LogP contribution in [0.1, 0.15) is 19.4 Å². The molecule has 4 nitrogen and oxygen atoms in total. The molecule has 0 aromatic heterocycles. The fourth-order valence-corrected chi connectivity index (χ4v) is 2.52. The predicted molar refractivity (Wildman–Crippen MR) is 74.5 cm³/mol. The number of rotatable bonds is 3. The number of hydrogen-bond donors (Lipinski definition) is 1. The van der Waals surface area contributed by atoms with Crippen molar-refractivity contribution in [3.8, 4) is 0 Å². The van der Waals surface area contributed by atoms with E-state index in [0.29, 0.717) is 31.5 Å². The van der Waals surface area contributed by atoms with Crippen molar-refractivity contribution in [3.63, 3.8) is 0 Å². The van der Waals surface area contributed by atoms with Crippen LogP contribution in [-0.4, -0.2) is 30.1 Å². The average Bonchev–Trinajstić information content (AvgIpc) is 2.79. The van der Waals surface area contributed by atoms with Crippen LogP contribution in [0.3, 0.4) is 0 Å². The van der Waals surface area contributed by atoms with Crippen LogP contribution in [0.15, 0.2) is 30.3 Å². The number of benzene rings is 1. The zero-order valence-electron chi connectivity index (χ0n) is 11.6. The highest BCUT2D eigenvalue weighted by Crippen LogP contribution is 2.23. The van der Waals surface area contributed by atoms with Gasteiger partial charge in [-0.15, -0.1) is 0 Å². The summed E-state index contributed by atoms with van der Waals surface area (Å²) in [5.41, 5.74) is 7.07. The molecule has 2 rings (SSSR count). The smallest absolute Gasteiger partial charge is 0.410 e. The highest BCUT2D eigenvalue weighted by Gasteiger charge is 2.35. The van der Waals surface area contributed by atoms with Gasteiger partial charge in [-0.3, -0.25) is 0 Å². The number of ether oxygens (including phenoxy) is 1. The van der Waals surface area contributed by atoms with Crippen LogP contribution in [-0.2, 0) is 11.3 Å². The molecule has 1 heterocycles. The van der Waals surface area contributed by atoms with E-state index in [9.17, 15) is 4.79 Å². The Bertz CT molecular complexity index is 419. The summed E-state index contributed by atoms with van der Waals surface area (Å²) < 4.78 is 5.32. The molecule has 1 amide bonds. The van der Waals surface area contributed by atoms with Crippen LogP contribution in [0.5, 0.6) is 0 Å². The molecule has 4 heteroatoms. The first-order valence-corrected chi connectivity index (χ1v) is 6.79. The molecule has 104 valence electrons. The topological polar surface area (TPSA) is 55.6 Å². The summed E-state index contributed by atoms with van der Waals surface area (Å²) in [4.78, 5) is 13.7. The minimum atomic E-state index is -0.262. The van der Waals surface area contributed by atoms with Gasteiger partial charge in [-0.05, 0) is 17.4 Å². The maximum absolute atomic E-state index is 12.0. The van der Waals surface area contributed by atoms with Crippen LogP contribution in [0, 0.1) is 11.8 Å². The van der Waals surface area contributed by atoms with Crippen molar-refractivity contribution < 1.29 is 9.53 Å². The normalized spacial score (nSPS) is 22.8. The van der Waals surface area contributed by atoms with Crippen LogP contribution in [0.25, 0.3) is 0 Å². The monoisotopic (exact) mass is 262 g/mol. The van der Waals surface area contributed by atoms with Crippen LogP contribution < -0.4 is 5.73 Å². The number of amides is 1. The van der Waals surface area contributed by atoms with Crippen molar-refractivity contribution >= 4 is 6.09 Å². The molecule has 0 spiro atoms. The summed E-state index contributed by atoms with van der Waals surface area (Å²) in [6.45, 7) is 5.90. The van der Waals surface area contributed by atoms with E-state index >= 15 is 0 Å². The van der Waals surface area contributed by atoms with Gasteiger partial charge in [-0.2, -0.15) is 0 Å². The van der Waals surface area contributed by atoms with Gasteiger partial charge in [0.05, 0.1) is 0 Å². The molecular weight excluding hydrogens is 240 g/mol. The summed E-state index contributed by atoms with van der Waals surface area (Å²) in [6.07, 6.45) is -0.262. The number of nitrogens with zero attached hydrogens (tertiary/aromatic N) is 1. The summed E-state index contributed by atoms with van der Waals surface area (Å²) in [7, 11) is 0. The van der Waals surface area contributed by atoms with Gasteiger partial charge >= 0.3 is 6.09 Å². The predicted octanol–water partition coefficient (Wildman–Crippen LogP) is 2.24. The molecule has 2 atom stereocenters. The standard InChI is InChI=1S/C15H22N2O2/c1-11(2)13-8-17(9-14(13)16)15(18)19-10-12-6-4-3-5-7-12/h3-7,11,13-14H,8-10,16H2,1-2H3/t13-,14-/m1/s1. The summed E-state index contributed by atoms with van der Waals surface area (Å²) in [5.74, 6) is 0.853. The van der Waals surface area contributed by atoms with E-state index in [-0.39, 0.29) is 12.1 Å². The quantitative estimate of drug-likeness (QED) is 0.909. The first-order valence-electron chi connectivity index (χ1n) is 6.79. The SMILES string of the molecule is CC(C)[C@H]1CN(C(=O)OCc2ccccc2)C[C@H]1N. The van der Waals surface area contributed by atoms with Crippen LogP contribution in [0.4, 0.5) is 4.79 Å². The Balaban J connectivity index is 1.85. The summed E-state index contributed by atoms with van der Waals surface area (Å²) in [6, 6.07) is 9.76. The van der Waals surface area contributed by atoms with Crippen molar-refractivity contribution in [1.29, 1.82) is 0 Å². The first kappa shape index (κ1) is 13.9. The van der Waals surface area contributed by atoms with E-state index in [1.54, 1.807) is 4.90 Å². The molecule has 0 saturated carbocycles. The van der Waals surface area contributed by atoms with Gasteiger partial charge in [0.2, 0.25) is 0 Å². The molecule has 1 aromatic rings. The average molecular weight is 262 g/mol. The Morgan fingerprint density at radius 2 is 2.05 bits per heavy atom. The summed E-state index contributed by atoms with van der Waals surface area (Å²) in [5, 5.41) is 0. The largest absolute Gasteiger partial charge is 0.445 e. The number of carbonyl (C=O) groups excluding carboxylic acids is 1. The van der Waals surface area contributed by atoms with Crippen molar-refractivity contribution in [2.75, 3.05) is 13.1 Å². The Morgan fingerprint density at radius 1 is 1.37 bits per heavy atom. The van der Waals surface area contributed by atoms with Gasteiger partial charge in [0.25, 0.3) is 0 Å². The number of carbonyl (C=O) groups is 1. The Labute approximate surface area is 114 Å². The van der Waals surface area contributed by atoms with Gasteiger partial charge in [-0.1, -0.05) is 44.2 Å². The highest BCUT2D eigenvalue weighted by molar-refractivity contribution is 5.68. The fourth-order valence-electron chi connectivity index (χ4n) is 2.52. The molecular formula is C15H22N2O2. The highest BCUT2D eigenvalue weighted by atomic mass is 16.6. The lowest BCUT2D eigenvalue weighted by molar-refractivity contribution is 0.102. The lowest BCUT2D eigenvalue weighted by atomic mass is 9.92. The third-order valence-electron chi connectivity index (χ3n) is 3.73. The van der Waals surface area contributed by atoms with E-state index in [1.165, 1.54) is 0 Å². The van der Waals surface area contributed by atoms with Gasteiger partial charge in [0, 0.05) is 19.1 Å². The molecule has 0 bridgehead atoms. The second-order valence-corrected chi connectivity index (χ2v) is 5.52. The minimum absolute atomic E-state index is 0.0595. The van der Waals surface area contributed by atoms with Crippen molar-refractivity contribution in [1.82, 2.24) is 4.90 Å². The molecule has 1 fully saturated rings. The first-order chi connectivity index (χ1) is 9.08. The Kier molecular flexibility index (Phi) is 4.43. The molecule has 1 aliphatic rings. The maximum atomic E-state index is 12.0. The van der Waals surface area contributed by atoms with Crippen molar-refractivity contribution in [2.24, 2.45) is 17.6 Å². The third-order valence-corrected chi connectivity index (χ3v) is 3.73. The zero-order valence-corrected chi connectivity index (χ0v) is 11.6. The van der Waals surface area contributed by atoms with E-state index in [0.717, 1.165) is 5.56 Å². The van der Waals surface area contributed by atoms with E-state index < -0.39 is 0 Å². The molecule has 1 aliphatic heterocycles. The molecule has 0 aliphatic carbocycles.